The number of hydrogen-bond donors (Lipinski definition) is 2. The molecule has 1 aliphatic rings. The number of rotatable bonds is 8. The lowest BCUT2D eigenvalue weighted by Crippen LogP contribution is -2.54. The number of nitrogens with zero attached hydrogens (tertiary/aromatic N) is 1. The van der Waals surface area contributed by atoms with Crippen LogP contribution in [-0.2, 0) is 27.4 Å². The van der Waals surface area contributed by atoms with Crippen LogP contribution in [0.5, 0.6) is 0 Å². The second-order valence-corrected chi connectivity index (χ2v) is 8.13. The second kappa shape index (κ2) is 9.62. The first-order chi connectivity index (χ1) is 15.4. The summed E-state index contributed by atoms with van der Waals surface area (Å²) in [6.45, 7) is 2.76. The van der Waals surface area contributed by atoms with Gasteiger partial charge in [0, 0.05) is 12.3 Å². The van der Waals surface area contributed by atoms with Gasteiger partial charge in [-0.05, 0) is 18.1 Å². The first kappa shape index (κ1) is 22.2. The fourth-order valence-corrected chi connectivity index (χ4v) is 3.94. The first-order valence-electron chi connectivity index (χ1n) is 10.5. The molecular weight excluding hydrogens is 410 g/mol. The Morgan fingerprint density at radius 2 is 1.62 bits per heavy atom. The largest absolute Gasteiger partial charge is 0.374 e. The molecule has 168 valence electrons. The van der Waals surface area contributed by atoms with E-state index in [4.69, 9.17) is 19.9 Å². The lowest BCUT2D eigenvalue weighted by molar-refractivity contribution is -0.0832. The maximum absolute atomic E-state index is 12.4. The highest BCUT2D eigenvalue weighted by molar-refractivity contribution is 5.15. The zero-order valence-corrected chi connectivity index (χ0v) is 17.8. The van der Waals surface area contributed by atoms with Gasteiger partial charge in [0.1, 0.15) is 12.2 Å². The minimum Gasteiger partial charge on any atom is -0.374 e. The molecule has 3 aromatic rings. The third kappa shape index (κ3) is 4.89. The highest BCUT2D eigenvalue weighted by Crippen LogP contribution is 2.38. The Morgan fingerprint density at radius 1 is 1.00 bits per heavy atom. The molecule has 8 nitrogen and oxygen atoms in total. The summed E-state index contributed by atoms with van der Waals surface area (Å²) < 4.78 is 19.6. The predicted molar refractivity (Wildman–Crippen MR) is 119 cm³/mol. The van der Waals surface area contributed by atoms with Gasteiger partial charge in [-0.3, -0.25) is 14.3 Å². The third-order valence-electron chi connectivity index (χ3n) is 5.56. The van der Waals surface area contributed by atoms with E-state index in [1.54, 1.807) is 6.92 Å². The van der Waals surface area contributed by atoms with Crippen molar-refractivity contribution in [2.24, 2.45) is 5.73 Å². The molecule has 4 rings (SSSR count). The monoisotopic (exact) mass is 437 g/mol. The van der Waals surface area contributed by atoms with Crippen LogP contribution in [0.15, 0.2) is 82.5 Å². The van der Waals surface area contributed by atoms with Crippen molar-refractivity contribution >= 4 is 0 Å². The summed E-state index contributed by atoms with van der Waals surface area (Å²) >= 11 is 0. The maximum Gasteiger partial charge on any atom is 0.330 e. The van der Waals surface area contributed by atoms with Crippen molar-refractivity contribution in [3.05, 3.63) is 105 Å². The molecule has 0 spiro atoms. The third-order valence-corrected chi connectivity index (χ3v) is 5.56. The molecule has 0 amide bonds. The van der Waals surface area contributed by atoms with Crippen molar-refractivity contribution in [1.82, 2.24) is 9.55 Å². The van der Waals surface area contributed by atoms with E-state index in [0.29, 0.717) is 13.2 Å². The van der Waals surface area contributed by atoms with Crippen LogP contribution in [0.4, 0.5) is 0 Å². The number of benzene rings is 2. The number of aromatic amines is 1. The smallest absolute Gasteiger partial charge is 0.330 e. The summed E-state index contributed by atoms with van der Waals surface area (Å²) in [7, 11) is 0. The molecule has 1 aromatic heterocycles. The molecule has 3 N–H and O–H groups in total. The van der Waals surface area contributed by atoms with Gasteiger partial charge in [-0.25, -0.2) is 4.79 Å². The molecule has 0 radical (unpaired) electrons. The Hall–Kier alpha value is -3.04. The topological polar surface area (TPSA) is 109 Å². The van der Waals surface area contributed by atoms with Crippen LogP contribution < -0.4 is 17.0 Å². The molecule has 0 saturated carbocycles. The van der Waals surface area contributed by atoms with Gasteiger partial charge in [0.05, 0.1) is 25.4 Å². The molecule has 2 heterocycles. The molecule has 32 heavy (non-hydrogen) atoms. The van der Waals surface area contributed by atoms with E-state index < -0.39 is 35.2 Å². The van der Waals surface area contributed by atoms with Gasteiger partial charge in [0.15, 0.2) is 6.23 Å². The van der Waals surface area contributed by atoms with Crippen LogP contribution in [0, 0.1) is 0 Å². The molecule has 1 fully saturated rings. The molecule has 8 heteroatoms. The minimum atomic E-state index is -1.06. The molecule has 0 aliphatic carbocycles. The number of nitrogens with two attached hydrogens (primary N) is 1. The summed E-state index contributed by atoms with van der Waals surface area (Å²) in [5.74, 6) is 0. The Morgan fingerprint density at radius 3 is 2.25 bits per heavy atom. The molecule has 4 unspecified atom stereocenters. The van der Waals surface area contributed by atoms with Crippen molar-refractivity contribution in [2.45, 2.75) is 44.1 Å². The van der Waals surface area contributed by atoms with E-state index in [2.05, 4.69) is 4.98 Å². The van der Waals surface area contributed by atoms with Crippen LogP contribution in [-0.4, -0.2) is 33.9 Å². The Kier molecular flexibility index (Phi) is 6.66. The summed E-state index contributed by atoms with van der Waals surface area (Å²) in [6, 6.07) is 20.8. The van der Waals surface area contributed by atoms with E-state index in [0.717, 1.165) is 11.1 Å². The van der Waals surface area contributed by atoms with E-state index >= 15 is 0 Å². The van der Waals surface area contributed by atoms with Gasteiger partial charge in [0.2, 0.25) is 0 Å². The number of ether oxygens (including phenoxy) is 3. The second-order valence-electron chi connectivity index (χ2n) is 8.13. The fraction of sp³-hybridized carbons (Fsp3) is 0.333. The average Bonchev–Trinajstić information content (AvgIpc) is 3.03. The molecular formula is C24H27N3O5. The lowest BCUT2D eigenvalue weighted by Gasteiger charge is -2.31. The molecule has 2 aromatic carbocycles. The normalized spacial score (nSPS) is 25.1. The zero-order chi connectivity index (χ0) is 22.6. The van der Waals surface area contributed by atoms with Crippen LogP contribution in [0.1, 0.15) is 24.3 Å². The Bertz CT molecular complexity index is 1130. The van der Waals surface area contributed by atoms with E-state index in [-0.39, 0.29) is 6.61 Å². The number of nitrogens with one attached hydrogen (secondary N) is 1. The van der Waals surface area contributed by atoms with Crippen molar-refractivity contribution in [3.8, 4) is 0 Å². The zero-order valence-electron chi connectivity index (χ0n) is 17.8. The van der Waals surface area contributed by atoms with Gasteiger partial charge < -0.3 is 19.9 Å². The van der Waals surface area contributed by atoms with E-state index in [1.807, 2.05) is 60.7 Å². The summed E-state index contributed by atoms with van der Waals surface area (Å²) in [5, 5.41) is 0. The van der Waals surface area contributed by atoms with Crippen LogP contribution in [0.2, 0.25) is 0 Å². The highest BCUT2D eigenvalue weighted by atomic mass is 16.6. The van der Waals surface area contributed by atoms with Crippen LogP contribution in [0.25, 0.3) is 0 Å². The quantitative estimate of drug-likeness (QED) is 0.558. The van der Waals surface area contributed by atoms with Gasteiger partial charge >= 0.3 is 5.69 Å². The van der Waals surface area contributed by atoms with Crippen LogP contribution in [0.3, 0.4) is 0 Å². The lowest BCUT2D eigenvalue weighted by atomic mass is 9.93. The fourth-order valence-electron chi connectivity index (χ4n) is 3.94. The predicted octanol–water partition coefficient (Wildman–Crippen LogP) is 1.95. The summed E-state index contributed by atoms with van der Waals surface area (Å²) in [4.78, 5) is 26.2. The number of hydrogen-bond acceptors (Lipinski definition) is 6. The van der Waals surface area contributed by atoms with Gasteiger partial charge in [0.25, 0.3) is 5.56 Å². The summed E-state index contributed by atoms with van der Waals surface area (Å²) in [5.41, 5.74) is 6.59. The van der Waals surface area contributed by atoms with E-state index in [9.17, 15) is 9.59 Å². The first-order valence-corrected chi connectivity index (χ1v) is 10.5. The Labute approximate surface area is 185 Å². The van der Waals surface area contributed by atoms with Gasteiger partial charge in [-0.15, -0.1) is 0 Å². The Balaban J connectivity index is 1.54. The van der Waals surface area contributed by atoms with Crippen molar-refractivity contribution in [3.63, 3.8) is 0 Å². The average molecular weight is 437 g/mol. The minimum absolute atomic E-state index is 0.232. The van der Waals surface area contributed by atoms with Crippen molar-refractivity contribution in [2.75, 3.05) is 6.61 Å². The number of H-pyrrole nitrogens is 1. The SMILES string of the molecule is CC1(N)C(OCc2ccccc2)C(COCc2ccccc2)OC1n1ccc(=O)[nH]c1=O. The maximum atomic E-state index is 12.4. The molecule has 0 bridgehead atoms. The van der Waals surface area contributed by atoms with Gasteiger partial charge in [-0.1, -0.05) is 60.7 Å². The molecule has 1 aliphatic heterocycles. The van der Waals surface area contributed by atoms with Gasteiger partial charge in [-0.2, -0.15) is 0 Å². The highest BCUT2D eigenvalue weighted by Gasteiger charge is 2.53. The van der Waals surface area contributed by atoms with Crippen LogP contribution >= 0.6 is 0 Å². The number of aromatic nitrogens is 2. The van der Waals surface area contributed by atoms with E-state index in [1.165, 1.54) is 16.8 Å². The van der Waals surface area contributed by atoms with Crippen molar-refractivity contribution in [1.29, 1.82) is 0 Å². The summed E-state index contributed by atoms with van der Waals surface area (Å²) in [6.07, 6.45) is -0.514. The molecule has 1 saturated heterocycles. The van der Waals surface area contributed by atoms with Crippen molar-refractivity contribution < 1.29 is 14.2 Å². The standard InChI is InChI=1S/C24H27N3O5/c1-24(25)21(31-15-18-10-6-3-7-11-18)19(16-30-14-17-8-4-2-5-9-17)32-22(24)27-13-12-20(28)26-23(27)29/h2-13,19,21-22H,14-16,25H2,1H3,(H,26,28,29). The molecule has 4 atom stereocenters.